The van der Waals surface area contributed by atoms with Crippen LogP contribution in [-0.4, -0.2) is 42.2 Å². The first-order valence-corrected chi connectivity index (χ1v) is 7.61. The lowest BCUT2D eigenvalue weighted by atomic mass is 10.2. The van der Waals surface area contributed by atoms with Gasteiger partial charge < -0.3 is 4.74 Å². The lowest BCUT2D eigenvalue weighted by Crippen LogP contribution is -2.56. The molecule has 1 saturated heterocycles. The summed E-state index contributed by atoms with van der Waals surface area (Å²) in [6, 6.07) is 5.15. The van der Waals surface area contributed by atoms with Crippen molar-refractivity contribution in [2.45, 2.75) is 24.2 Å². The fraction of sp³-hybridized carbons (Fsp3) is 0.500. The minimum atomic E-state index is -3.09. The summed E-state index contributed by atoms with van der Waals surface area (Å²) in [6.45, 7) is 0.745. The van der Waals surface area contributed by atoms with Gasteiger partial charge in [0, 0.05) is 12.3 Å². The van der Waals surface area contributed by atoms with Crippen molar-refractivity contribution in [3.63, 3.8) is 0 Å². The van der Waals surface area contributed by atoms with E-state index in [0.29, 0.717) is 24.5 Å². The Bertz CT molecular complexity index is 628. The zero-order chi connectivity index (χ0) is 13.5. The predicted octanol–water partition coefficient (Wildman–Crippen LogP) is 0.508. The van der Waals surface area contributed by atoms with E-state index in [2.05, 4.69) is 4.98 Å². The van der Waals surface area contributed by atoms with Gasteiger partial charge in [0.25, 0.3) is 0 Å². The molecule has 1 aromatic rings. The Morgan fingerprint density at radius 3 is 2.79 bits per heavy atom. The summed E-state index contributed by atoms with van der Waals surface area (Å²) in [5.74, 6) is 0.368. The van der Waals surface area contributed by atoms with Crippen LogP contribution >= 0.6 is 0 Å². The van der Waals surface area contributed by atoms with Crippen molar-refractivity contribution in [1.29, 1.82) is 5.26 Å². The highest BCUT2D eigenvalue weighted by molar-refractivity contribution is 7.90. The minimum Gasteiger partial charge on any atom is -0.471 e. The summed E-state index contributed by atoms with van der Waals surface area (Å²) in [6.07, 6.45) is 2.88. The number of aromatic nitrogens is 1. The van der Waals surface area contributed by atoms with Gasteiger partial charge in [-0.05, 0) is 18.9 Å². The Labute approximate surface area is 111 Å². The average molecular weight is 279 g/mol. The first kappa shape index (κ1) is 12.4. The quantitative estimate of drug-likeness (QED) is 0.801. The van der Waals surface area contributed by atoms with Crippen LogP contribution in [0.5, 0.6) is 5.88 Å². The summed E-state index contributed by atoms with van der Waals surface area (Å²) >= 11 is 0. The van der Waals surface area contributed by atoms with Gasteiger partial charge in [0.05, 0.1) is 30.0 Å². The van der Waals surface area contributed by atoms with E-state index in [9.17, 15) is 8.42 Å². The molecular formula is C12H13N3O3S. The molecule has 1 aliphatic heterocycles. The lowest BCUT2D eigenvalue weighted by molar-refractivity contribution is 0.0719. The van der Waals surface area contributed by atoms with Crippen molar-refractivity contribution in [1.82, 2.24) is 9.29 Å². The molecule has 7 heteroatoms. The maximum Gasteiger partial charge on any atom is 0.217 e. The smallest absolute Gasteiger partial charge is 0.217 e. The Kier molecular flexibility index (Phi) is 2.92. The van der Waals surface area contributed by atoms with Gasteiger partial charge in [-0.3, -0.25) is 0 Å². The second kappa shape index (κ2) is 4.47. The largest absolute Gasteiger partial charge is 0.471 e. The number of nitriles is 1. The number of rotatable bonds is 4. The van der Waals surface area contributed by atoms with Crippen molar-refractivity contribution in [2.75, 3.05) is 13.1 Å². The SMILES string of the molecule is N#Cc1ccnc(OC2CN(S(=O)(=O)C3CC3)C2)c1. The Morgan fingerprint density at radius 1 is 1.42 bits per heavy atom. The van der Waals surface area contributed by atoms with Gasteiger partial charge in [-0.15, -0.1) is 0 Å². The minimum absolute atomic E-state index is 0.171. The van der Waals surface area contributed by atoms with Crippen LogP contribution in [0.1, 0.15) is 18.4 Å². The second-order valence-corrected chi connectivity index (χ2v) is 7.01. The zero-order valence-corrected chi connectivity index (χ0v) is 11.0. The number of sulfonamides is 1. The van der Waals surface area contributed by atoms with E-state index in [1.165, 1.54) is 10.5 Å². The van der Waals surface area contributed by atoms with Crippen LogP contribution in [0, 0.1) is 11.3 Å². The number of nitrogens with zero attached hydrogens (tertiary/aromatic N) is 3. The summed E-state index contributed by atoms with van der Waals surface area (Å²) in [5.41, 5.74) is 0.479. The van der Waals surface area contributed by atoms with Gasteiger partial charge in [-0.1, -0.05) is 0 Å². The molecule has 0 radical (unpaired) electrons. The Balaban J connectivity index is 1.58. The van der Waals surface area contributed by atoms with Crippen molar-refractivity contribution in [2.24, 2.45) is 0 Å². The first-order valence-electron chi connectivity index (χ1n) is 6.11. The molecule has 0 aromatic carbocycles. The monoisotopic (exact) mass is 279 g/mol. The second-order valence-electron chi connectivity index (χ2n) is 4.80. The summed E-state index contributed by atoms with van der Waals surface area (Å²) < 4.78 is 30.8. The highest BCUT2D eigenvalue weighted by Gasteiger charge is 2.45. The van der Waals surface area contributed by atoms with Crippen LogP contribution in [0.25, 0.3) is 0 Å². The highest BCUT2D eigenvalue weighted by Crippen LogP contribution is 2.33. The third kappa shape index (κ3) is 2.41. The van der Waals surface area contributed by atoms with Crippen molar-refractivity contribution in [3.8, 4) is 11.9 Å². The fourth-order valence-corrected chi connectivity index (χ4v) is 3.88. The molecule has 1 saturated carbocycles. The molecule has 3 rings (SSSR count). The molecule has 0 N–H and O–H groups in total. The van der Waals surface area contributed by atoms with Gasteiger partial charge in [-0.2, -0.15) is 9.57 Å². The van der Waals surface area contributed by atoms with Gasteiger partial charge in [0.1, 0.15) is 6.10 Å². The first-order chi connectivity index (χ1) is 9.09. The van der Waals surface area contributed by atoms with Crippen LogP contribution in [0.15, 0.2) is 18.3 Å². The van der Waals surface area contributed by atoms with E-state index in [1.807, 2.05) is 6.07 Å². The van der Waals surface area contributed by atoms with Crippen molar-refractivity contribution in [3.05, 3.63) is 23.9 Å². The molecule has 0 atom stereocenters. The topological polar surface area (TPSA) is 83.3 Å². The van der Waals surface area contributed by atoms with Crippen LogP contribution in [-0.2, 0) is 10.0 Å². The predicted molar refractivity (Wildman–Crippen MR) is 66.9 cm³/mol. The third-order valence-corrected chi connectivity index (χ3v) is 5.60. The van der Waals surface area contributed by atoms with E-state index in [4.69, 9.17) is 10.00 Å². The molecule has 0 unspecified atom stereocenters. The maximum atomic E-state index is 11.9. The van der Waals surface area contributed by atoms with Crippen LogP contribution in [0.2, 0.25) is 0 Å². The van der Waals surface area contributed by atoms with Gasteiger partial charge >= 0.3 is 0 Å². The summed E-state index contributed by atoms with van der Waals surface area (Å²) in [4.78, 5) is 4.00. The number of pyridine rings is 1. The average Bonchev–Trinajstić information content (AvgIpc) is 3.17. The maximum absolute atomic E-state index is 11.9. The van der Waals surface area contributed by atoms with E-state index < -0.39 is 10.0 Å². The lowest BCUT2D eigenvalue weighted by Gasteiger charge is -2.37. The molecular weight excluding hydrogens is 266 g/mol. The molecule has 2 fully saturated rings. The van der Waals surface area contributed by atoms with Crippen LogP contribution in [0.4, 0.5) is 0 Å². The van der Waals surface area contributed by atoms with E-state index in [0.717, 1.165) is 12.8 Å². The Morgan fingerprint density at radius 2 is 2.16 bits per heavy atom. The molecule has 2 heterocycles. The van der Waals surface area contributed by atoms with Crippen LogP contribution in [0.3, 0.4) is 0 Å². The van der Waals surface area contributed by atoms with E-state index in [-0.39, 0.29) is 11.4 Å². The van der Waals surface area contributed by atoms with Gasteiger partial charge in [0.15, 0.2) is 0 Å². The molecule has 0 bridgehead atoms. The molecule has 0 spiro atoms. The van der Waals surface area contributed by atoms with E-state index in [1.54, 1.807) is 12.1 Å². The van der Waals surface area contributed by atoms with Crippen molar-refractivity contribution >= 4 is 10.0 Å². The highest BCUT2D eigenvalue weighted by atomic mass is 32.2. The molecule has 19 heavy (non-hydrogen) atoms. The zero-order valence-electron chi connectivity index (χ0n) is 10.2. The van der Waals surface area contributed by atoms with Crippen molar-refractivity contribution < 1.29 is 13.2 Å². The number of hydrogen-bond acceptors (Lipinski definition) is 5. The van der Waals surface area contributed by atoms with Gasteiger partial charge in [0.2, 0.25) is 15.9 Å². The molecule has 0 amide bonds. The summed E-state index contributed by atoms with van der Waals surface area (Å²) in [5, 5.41) is 8.59. The fourth-order valence-electron chi connectivity index (χ4n) is 1.97. The van der Waals surface area contributed by atoms with E-state index >= 15 is 0 Å². The normalized spacial score (nSPS) is 20.6. The summed E-state index contributed by atoms with van der Waals surface area (Å²) in [7, 11) is -3.09. The molecule has 1 aliphatic carbocycles. The number of hydrogen-bond donors (Lipinski definition) is 0. The molecule has 100 valence electrons. The third-order valence-electron chi connectivity index (χ3n) is 3.27. The molecule has 2 aliphatic rings. The van der Waals surface area contributed by atoms with Crippen LogP contribution < -0.4 is 4.74 Å². The standard InChI is InChI=1S/C12H13N3O3S/c13-6-9-3-4-14-12(5-9)18-10-7-15(8-10)19(16,17)11-1-2-11/h3-5,10-11H,1-2,7-8H2. The Hall–Kier alpha value is -1.65. The number of ether oxygens (including phenoxy) is 1. The molecule has 1 aromatic heterocycles. The van der Waals surface area contributed by atoms with Gasteiger partial charge in [-0.25, -0.2) is 13.4 Å². The molecule has 6 nitrogen and oxygen atoms in total.